The first-order valence-corrected chi connectivity index (χ1v) is 2.45. The molecule has 0 aromatic rings. The summed E-state index contributed by atoms with van der Waals surface area (Å²) in [5.74, 6) is 3.28. The van der Waals surface area contributed by atoms with Crippen molar-refractivity contribution < 1.29 is 0 Å². The normalized spacial score (nSPS) is 26.7. The largest absolute Gasteiger partial charge is 0.120 e. The van der Waals surface area contributed by atoms with E-state index in [1.165, 1.54) is 12.0 Å². The Bertz CT molecular complexity index is 125. The van der Waals surface area contributed by atoms with Gasteiger partial charge < -0.3 is 0 Å². The molecule has 1 aliphatic rings. The standard InChI is InChI=1S/C7H8/c1-3-4-7-5-6(7)2/h1,7H,2,4-5H2. The molecule has 1 aliphatic carbocycles. The Hall–Kier alpha value is -0.700. The fourth-order valence-corrected chi connectivity index (χ4v) is 0.616. The summed E-state index contributed by atoms with van der Waals surface area (Å²) in [6.07, 6.45) is 7.11. The van der Waals surface area contributed by atoms with Gasteiger partial charge >= 0.3 is 0 Å². The van der Waals surface area contributed by atoms with Crippen molar-refractivity contribution in [2.75, 3.05) is 0 Å². The molecule has 0 aliphatic heterocycles. The van der Waals surface area contributed by atoms with E-state index in [1.54, 1.807) is 0 Å². The SMILES string of the molecule is C#CCC1CC1=C. The molecule has 36 valence electrons. The molecule has 0 heterocycles. The van der Waals surface area contributed by atoms with Crippen molar-refractivity contribution >= 4 is 0 Å². The molecule has 0 N–H and O–H groups in total. The lowest BCUT2D eigenvalue weighted by Crippen LogP contribution is -1.65. The summed E-state index contributed by atoms with van der Waals surface area (Å²) in [4.78, 5) is 0. The number of allylic oxidation sites excluding steroid dienone is 1. The molecule has 0 radical (unpaired) electrons. The van der Waals surface area contributed by atoms with Crippen LogP contribution in [0.4, 0.5) is 0 Å². The Kier molecular flexibility index (Phi) is 0.906. The minimum Gasteiger partial charge on any atom is -0.120 e. The van der Waals surface area contributed by atoms with E-state index in [4.69, 9.17) is 6.42 Å². The Morgan fingerprint density at radius 3 is 2.71 bits per heavy atom. The van der Waals surface area contributed by atoms with E-state index in [9.17, 15) is 0 Å². The number of hydrogen-bond donors (Lipinski definition) is 0. The summed E-state index contributed by atoms with van der Waals surface area (Å²) in [5, 5.41) is 0. The molecular formula is C7H8. The summed E-state index contributed by atoms with van der Waals surface area (Å²) in [6.45, 7) is 3.77. The van der Waals surface area contributed by atoms with Crippen LogP contribution in [0.3, 0.4) is 0 Å². The van der Waals surface area contributed by atoms with Gasteiger partial charge in [0.15, 0.2) is 0 Å². The Balaban J connectivity index is 2.24. The number of rotatable bonds is 1. The number of terminal acetylenes is 1. The molecule has 0 amide bonds. The van der Waals surface area contributed by atoms with Gasteiger partial charge in [0, 0.05) is 6.42 Å². The zero-order valence-electron chi connectivity index (χ0n) is 4.28. The van der Waals surface area contributed by atoms with Crippen molar-refractivity contribution in [2.45, 2.75) is 12.8 Å². The molecule has 1 saturated carbocycles. The molecule has 1 atom stereocenters. The van der Waals surface area contributed by atoms with E-state index in [0.717, 1.165) is 6.42 Å². The van der Waals surface area contributed by atoms with Crippen LogP contribution in [0.25, 0.3) is 0 Å². The van der Waals surface area contributed by atoms with Crippen LogP contribution in [0.2, 0.25) is 0 Å². The van der Waals surface area contributed by atoms with Crippen LogP contribution in [-0.2, 0) is 0 Å². The monoisotopic (exact) mass is 92.1 g/mol. The van der Waals surface area contributed by atoms with Gasteiger partial charge in [-0.25, -0.2) is 0 Å². The molecule has 0 heteroatoms. The van der Waals surface area contributed by atoms with Gasteiger partial charge in [-0.1, -0.05) is 12.2 Å². The molecule has 7 heavy (non-hydrogen) atoms. The fraction of sp³-hybridized carbons (Fsp3) is 0.429. The number of hydrogen-bond acceptors (Lipinski definition) is 0. The maximum Gasteiger partial charge on any atom is 0.0155 e. The highest BCUT2D eigenvalue weighted by atomic mass is 14.3. The third-order valence-corrected chi connectivity index (χ3v) is 1.29. The second-order valence-corrected chi connectivity index (χ2v) is 1.97. The molecule has 1 fully saturated rings. The highest BCUT2D eigenvalue weighted by Gasteiger charge is 2.25. The summed E-state index contributed by atoms with van der Waals surface area (Å²) >= 11 is 0. The minimum absolute atomic E-state index is 0.685. The van der Waals surface area contributed by atoms with Crippen LogP contribution < -0.4 is 0 Å². The van der Waals surface area contributed by atoms with Gasteiger partial charge in [0.25, 0.3) is 0 Å². The van der Waals surface area contributed by atoms with E-state index in [-0.39, 0.29) is 0 Å². The molecule has 0 aromatic heterocycles. The average molecular weight is 92.1 g/mol. The lowest BCUT2D eigenvalue weighted by atomic mass is 10.3. The van der Waals surface area contributed by atoms with E-state index in [2.05, 4.69) is 12.5 Å². The van der Waals surface area contributed by atoms with Gasteiger partial charge in [0.2, 0.25) is 0 Å². The molecular weight excluding hydrogens is 84.1 g/mol. The van der Waals surface area contributed by atoms with Crippen LogP contribution in [-0.4, -0.2) is 0 Å². The zero-order valence-corrected chi connectivity index (χ0v) is 4.28. The molecule has 0 nitrogen and oxygen atoms in total. The Labute approximate surface area is 44.2 Å². The highest BCUT2D eigenvalue weighted by Crippen LogP contribution is 2.37. The Morgan fingerprint density at radius 1 is 2.00 bits per heavy atom. The van der Waals surface area contributed by atoms with Gasteiger partial charge in [-0.3, -0.25) is 0 Å². The van der Waals surface area contributed by atoms with E-state index < -0.39 is 0 Å². The quantitative estimate of drug-likeness (QED) is 0.340. The Morgan fingerprint density at radius 2 is 2.57 bits per heavy atom. The second-order valence-electron chi connectivity index (χ2n) is 1.97. The molecule has 0 saturated heterocycles. The van der Waals surface area contributed by atoms with Gasteiger partial charge in [0.05, 0.1) is 0 Å². The van der Waals surface area contributed by atoms with Crippen molar-refractivity contribution in [3.8, 4) is 12.3 Å². The maximum absolute atomic E-state index is 5.04. The van der Waals surface area contributed by atoms with Crippen LogP contribution in [0, 0.1) is 18.3 Å². The summed E-state index contributed by atoms with van der Waals surface area (Å²) in [5.41, 5.74) is 1.33. The van der Waals surface area contributed by atoms with Crippen LogP contribution in [0.5, 0.6) is 0 Å². The maximum atomic E-state index is 5.04. The van der Waals surface area contributed by atoms with Gasteiger partial charge in [-0.15, -0.1) is 12.3 Å². The first kappa shape index (κ1) is 4.46. The third-order valence-electron chi connectivity index (χ3n) is 1.29. The van der Waals surface area contributed by atoms with E-state index in [1.807, 2.05) is 0 Å². The van der Waals surface area contributed by atoms with Crippen molar-refractivity contribution in [1.29, 1.82) is 0 Å². The summed E-state index contributed by atoms with van der Waals surface area (Å²) in [6, 6.07) is 0. The molecule has 1 rings (SSSR count). The van der Waals surface area contributed by atoms with Crippen molar-refractivity contribution in [1.82, 2.24) is 0 Å². The second kappa shape index (κ2) is 1.42. The lowest BCUT2D eigenvalue weighted by molar-refractivity contribution is 0.917. The predicted octanol–water partition coefficient (Wildman–Crippen LogP) is 1.59. The molecule has 0 aromatic carbocycles. The van der Waals surface area contributed by atoms with E-state index in [0.29, 0.717) is 5.92 Å². The van der Waals surface area contributed by atoms with Crippen molar-refractivity contribution in [2.24, 2.45) is 5.92 Å². The van der Waals surface area contributed by atoms with Crippen LogP contribution in [0.15, 0.2) is 12.2 Å². The topological polar surface area (TPSA) is 0 Å². The first-order valence-electron chi connectivity index (χ1n) is 2.45. The molecule has 0 spiro atoms. The summed E-state index contributed by atoms with van der Waals surface area (Å²) in [7, 11) is 0. The smallest absolute Gasteiger partial charge is 0.0155 e. The summed E-state index contributed by atoms with van der Waals surface area (Å²) < 4.78 is 0. The predicted molar refractivity (Wildman–Crippen MR) is 30.7 cm³/mol. The zero-order chi connectivity index (χ0) is 5.28. The third kappa shape index (κ3) is 0.838. The van der Waals surface area contributed by atoms with Crippen LogP contribution >= 0.6 is 0 Å². The lowest BCUT2D eigenvalue weighted by Gasteiger charge is -1.75. The van der Waals surface area contributed by atoms with Gasteiger partial charge in [-0.2, -0.15) is 0 Å². The fourth-order valence-electron chi connectivity index (χ4n) is 0.616. The first-order chi connectivity index (χ1) is 3.34. The van der Waals surface area contributed by atoms with Crippen molar-refractivity contribution in [3.05, 3.63) is 12.2 Å². The minimum atomic E-state index is 0.685. The average Bonchev–Trinajstić information content (AvgIpc) is 2.22. The molecule has 1 unspecified atom stereocenters. The van der Waals surface area contributed by atoms with E-state index >= 15 is 0 Å². The van der Waals surface area contributed by atoms with Gasteiger partial charge in [0.1, 0.15) is 0 Å². The van der Waals surface area contributed by atoms with Crippen LogP contribution in [0.1, 0.15) is 12.8 Å². The van der Waals surface area contributed by atoms with Crippen molar-refractivity contribution in [3.63, 3.8) is 0 Å². The molecule has 0 bridgehead atoms. The highest BCUT2D eigenvalue weighted by molar-refractivity contribution is 5.21. The van der Waals surface area contributed by atoms with Gasteiger partial charge in [-0.05, 0) is 12.3 Å².